The molecule has 0 rings (SSSR count). The van der Waals surface area contributed by atoms with Gasteiger partial charge in [-0.25, -0.2) is 0 Å². The van der Waals surface area contributed by atoms with E-state index in [-0.39, 0.29) is 5.92 Å². The number of hydrogen-bond donors (Lipinski definition) is 0. The molecule has 0 saturated carbocycles. The van der Waals surface area contributed by atoms with Crippen molar-refractivity contribution in [2.75, 3.05) is 0 Å². The van der Waals surface area contributed by atoms with Crippen molar-refractivity contribution in [3.05, 3.63) is 121 Å². The van der Waals surface area contributed by atoms with Crippen molar-refractivity contribution in [3.63, 3.8) is 0 Å². The lowest BCUT2D eigenvalue weighted by Crippen LogP contribution is -2.07. The van der Waals surface area contributed by atoms with Crippen LogP contribution in [0.15, 0.2) is 126 Å². The molecule has 0 radical (unpaired) electrons. The van der Waals surface area contributed by atoms with E-state index in [1.807, 2.05) is 31.2 Å². The Kier molecular flexibility index (Phi) is 15.3. The minimum atomic E-state index is 0.181. The number of rotatable bonds is 13. The summed E-state index contributed by atoms with van der Waals surface area (Å²) in [5, 5.41) is 0. The second-order valence-electron chi connectivity index (χ2n) is 7.20. The van der Waals surface area contributed by atoms with Crippen LogP contribution in [0.1, 0.15) is 47.5 Å². The molecule has 0 N–H and O–H groups in total. The Morgan fingerprint density at radius 3 is 2.30 bits per heavy atom. The molecule has 1 nitrogen and oxygen atoms in total. The normalized spacial score (nSPS) is 15.6. The van der Waals surface area contributed by atoms with E-state index >= 15 is 0 Å². The van der Waals surface area contributed by atoms with Gasteiger partial charge in [0.05, 0.1) is 5.70 Å². The largest absolute Gasteiger partial charge is 0.253 e. The van der Waals surface area contributed by atoms with E-state index in [0.717, 1.165) is 29.8 Å². The molecule has 0 aromatic heterocycles. The summed E-state index contributed by atoms with van der Waals surface area (Å²) in [5.74, 6) is 0.181. The first-order valence-electron chi connectivity index (χ1n) is 10.6. The van der Waals surface area contributed by atoms with Gasteiger partial charge in [0.25, 0.3) is 0 Å². The molecule has 0 heterocycles. The topological polar surface area (TPSA) is 12.4 Å². The molecule has 0 aliphatic heterocycles. The van der Waals surface area contributed by atoms with Crippen LogP contribution in [0, 0.1) is 5.92 Å². The summed E-state index contributed by atoms with van der Waals surface area (Å²) in [7, 11) is 0. The van der Waals surface area contributed by atoms with E-state index in [1.165, 1.54) is 11.1 Å². The summed E-state index contributed by atoms with van der Waals surface area (Å²) in [6, 6.07) is 0. The van der Waals surface area contributed by atoms with Gasteiger partial charge in [-0.05, 0) is 45.3 Å². The van der Waals surface area contributed by atoms with Crippen LogP contribution in [0.3, 0.4) is 0 Å². The smallest absolute Gasteiger partial charge is 0.0590 e. The van der Waals surface area contributed by atoms with Gasteiger partial charge in [-0.3, -0.25) is 4.99 Å². The highest BCUT2D eigenvalue weighted by Crippen LogP contribution is 2.16. The van der Waals surface area contributed by atoms with Crippen LogP contribution in [0.25, 0.3) is 0 Å². The zero-order valence-electron chi connectivity index (χ0n) is 19.6. The number of aliphatic imine (C=N–C) groups is 1. The van der Waals surface area contributed by atoms with Crippen molar-refractivity contribution >= 4 is 5.71 Å². The average molecular weight is 402 g/mol. The SMILES string of the molecule is C=C/C=C\C=C(/C)C(=C)N=C(/C=C(\C)C/C=C(C)\C=C/C=C)C(C)/C=C\C=C/CC. The third kappa shape index (κ3) is 13.3. The Morgan fingerprint density at radius 2 is 1.67 bits per heavy atom. The number of hydrogen-bond acceptors (Lipinski definition) is 1. The maximum absolute atomic E-state index is 4.87. The number of nitrogens with zero attached hydrogens (tertiary/aromatic N) is 1. The van der Waals surface area contributed by atoms with Crippen LogP contribution in [0.2, 0.25) is 0 Å². The highest BCUT2D eigenvalue weighted by Gasteiger charge is 2.07. The molecule has 0 aromatic carbocycles. The zero-order valence-corrected chi connectivity index (χ0v) is 19.6. The van der Waals surface area contributed by atoms with Gasteiger partial charge >= 0.3 is 0 Å². The van der Waals surface area contributed by atoms with Gasteiger partial charge in [0.15, 0.2) is 0 Å². The van der Waals surface area contributed by atoms with E-state index in [9.17, 15) is 0 Å². The van der Waals surface area contributed by atoms with E-state index < -0.39 is 0 Å². The van der Waals surface area contributed by atoms with Gasteiger partial charge in [0, 0.05) is 11.6 Å². The van der Waals surface area contributed by atoms with Crippen LogP contribution in [-0.4, -0.2) is 5.71 Å². The Morgan fingerprint density at radius 1 is 0.967 bits per heavy atom. The van der Waals surface area contributed by atoms with Crippen molar-refractivity contribution in [1.82, 2.24) is 0 Å². The first-order chi connectivity index (χ1) is 14.3. The van der Waals surface area contributed by atoms with E-state index in [1.54, 1.807) is 12.2 Å². The molecule has 1 atom stereocenters. The summed E-state index contributed by atoms with van der Waals surface area (Å²) < 4.78 is 0. The quantitative estimate of drug-likeness (QED) is 0.216. The maximum Gasteiger partial charge on any atom is 0.0590 e. The first kappa shape index (κ1) is 27.1. The van der Waals surface area contributed by atoms with Crippen molar-refractivity contribution in [2.24, 2.45) is 10.9 Å². The third-order valence-corrected chi connectivity index (χ3v) is 4.30. The monoisotopic (exact) mass is 401 g/mol. The molecule has 0 bridgehead atoms. The zero-order chi connectivity index (χ0) is 22.8. The predicted molar refractivity (Wildman–Crippen MR) is 139 cm³/mol. The lowest BCUT2D eigenvalue weighted by Gasteiger charge is -2.11. The van der Waals surface area contributed by atoms with Gasteiger partial charge in [-0.15, -0.1) is 0 Å². The Labute approximate surface area is 185 Å². The third-order valence-electron chi connectivity index (χ3n) is 4.30. The van der Waals surface area contributed by atoms with Gasteiger partial charge in [0.1, 0.15) is 0 Å². The van der Waals surface area contributed by atoms with Gasteiger partial charge in [0.2, 0.25) is 0 Å². The fourth-order valence-electron chi connectivity index (χ4n) is 2.35. The fraction of sp³-hybridized carbons (Fsp3) is 0.276. The van der Waals surface area contributed by atoms with Crippen LogP contribution in [0.4, 0.5) is 0 Å². The molecule has 0 saturated heterocycles. The van der Waals surface area contributed by atoms with Crippen LogP contribution >= 0.6 is 0 Å². The summed E-state index contributed by atoms with van der Waals surface area (Å²) in [5.41, 5.74) is 5.28. The lowest BCUT2D eigenvalue weighted by molar-refractivity contribution is 0.992. The van der Waals surface area contributed by atoms with Gasteiger partial charge < -0.3 is 0 Å². The van der Waals surface area contributed by atoms with Crippen molar-refractivity contribution in [3.8, 4) is 0 Å². The second-order valence-corrected chi connectivity index (χ2v) is 7.20. The molecule has 160 valence electrons. The molecule has 0 fully saturated rings. The molecule has 0 aliphatic rings. The predicted octanol–water partition coefficient (Wildman–Crippen LogP) is 8.81. The highest BCUT2D eigenvalue weighted by atomic mass is 14.8. The van der Waals surface area contributed by atoms with Gasteiger partial charge in [-0.2, -0.15) is 0 Å². The summed E-state index contributed by atoms with van der Waals surface area (Å²) in [6.07, 6.45) is 28.2. The minimum absolute atomic E-state index is 0.181. The summed E-state index contributed by atoms with van der Waals surface area (Å²) in [6.45, 7) is 22.1. The molecular formula is C29H39N. The van der Waals surface area contributed by atoms with E-state index in [0.29, 0.717) is 0 Å². The van der Waals surface area contributed by atoms with Crippen molar-refractivity contribution in [1.29, 1.82) is 0 Å². The van der Waals surface area contributed by atoms with Crippen molar-refractivity contribution < 1.29 is 0 Å². The molecule has 1 heteroatoms. The van der Waals surface area contributed by atoms with Crippen LogP contribution < -0.4 is 0 Å². The van der Waals surface area contributed by atoms with E-state index in [4.69, 9.17) is 4.99 Å². The molecular weight excluding hydrogens is 362 g/mol. The second kappa shape index (κ2) is 17.0. The van der Waals surface area contributed by atoms with Gasteiger partial charge in [-0.1, -0.05) is 118 Å². The molecule has 0 amide bonds. The summed E-state index contributed by atoms with van der Waals surface area (Å²) in [4.78, 5) is 4.87. The first-order valence-corrected chi connectivity index (χ1v) is 10.6. The maximum atomic E-state index is 4.87. The highest BCUT2D eigenvalue weighted by molar-refractivity contribution is 5.99. The lowest BCUT2D eigenvalue weighted by atomic mass is 10.0. The molecule has 0 spiro atoms. The Balaban J connectivity index is 5.76. The average Bonchev–Trinajstić information content (AvgIpc) is 2.73. The molecule has 0 aliphatic carbocycles. The number of allylic oxidation sites excluding steroid dienone is 16. The molecule has 30 heavy (non-hydrogen) atoms. The van der Waals surface area contributed by atoms with Crippen molar-refractivity contribution in [2.45, 2.75) is 47.5 Å². The fourth-order valence-corrected chi connectivity index (χ4v) is 2.35. The standard InChI is InChI=1S/C29H39N/c1-9-12-15-17-20-27(7)29(30-28(8)26(6)19-16-13-10-2)23-25(5)22-21-24(4)18-14-11-3/h10-21,23,27H,2-3,8-9,22H2,1,4-7H3/b15-12-,16-13-,18-14-,20-17-,24-21-,25-23+,26-19+,30-29?. The molecule has 0 aromatic rings. The summed E-state index contributed by atoms with van der Waals surface area (Å²) >= 11 is 0. The van der Waals surface area contributed by atoms with Crippen LogP contribution in [-0.2, 0) is 0 Å². The Hall–Kier alpha value is -2.93. The van der Waals surface area contributed by atoms with Crippen LogP contribution in [0.5, 0.6) is 0 Å². The molecule has 1 unspecified atom stereocenters. The van der Waals surface area contributed by atoms with E-state index in [2.05, 4.69) is 90.0 Å². The Bertz CT molecular complexity index is 801. The minimum Gasteiger partial charge on any atom is -0.253 e.